The summed E-state index contributed by atoms with van der Waals surface area (Å²) in [5, 5.41) is 1.09. The molecule has 19 heavy (non-hydrogen) atoms. The van der Waals surface area contributed by atoms with E-state index in [4.69, 9.17) is 10.5 Å². The Morgan fingerprint density at radius 2 is 2.16 bits per heavy atom. The van der Waals surface area contributed by atoms with Crippen LogP contribution in [0.25, 0.3) is 0 Å². The Kier molecular flexibility index (Phi) is 4.60. The van der Waals surface area contributed by atoms with Gasteiger partial charge in [0.2, 0.25) is 0 Å². The van der Waals surface area contributed by atoms with E-state index in [1.165, 1.54) is 4.88 Å². The summed E-state index contributed by atoms with van der Waals surface area (Å²) in [5.41, 5.74) is 8.43. The Hall–Kier alpha value is -0.910. The van der Waals surface area contributed by atoms with Crippen molar-refractivity contribution in [3.8, 4) is 5.75 Å². The molecule has 3 nitrogen and oxygen atoms in total. The third kappa shape index (κ3) is 3.35. The number of thiazole rings is 1. The van der Waals surface area contributed by atoms with Crippen molar-refractivity contribution in [1.82, 2.24) is 4.98 Å². The summed E-state index contributed by atoms with van der Waals surface area (Å²) in [4.78, 5) is 5.80. The molecule has 0 amide bonds. The zero-order chi connectivity index (χ0) is 14.0. The zero-order valence-electron chi connectivity index (χ0n) is 11.2. The second-order valence-electron chi connectivity index (χ2n) is 4.45. The van der Waals surface area contributed by atoms with Crippen molar-refractivity contribution in [3.63, 3.8) is 0 Å². The van der Waals surface area contributed by atoms with E-state index in [0.29, 0.717) is 0 Å². The maximum Gasteiger partial charge on any atom is 0.133 e. The fourth-order valence-corrected chi connectivity index (χ4v) is 3.40. The highest BCUT2D eigenvalue weighted by atomic mass is 79.9. The predicted molar refractivity (Wildman–Crippen MR) is 82.9 cm³/mol. The number of aromatic nitrogens is 1. The van der Waals surface area contributed by atoms with E-state index in [1.807, 2.05) is 25.1 Å². The van der Waals surface area contributed by atoms with Gasteiger partial charge in [-0.05, 0) is 47.5 Å². The van der Waals surface area contributed by atoms with Crippen LogP contribution in [0.1, 0.15) is 27.2 Å². The van der Waals surface area contributed by atoms with E-state index in [0.717, 1.165) is 32.9 Å². The van der Waals surface area contributed by atoms with E-state index in [9.17, 15) is 0 Å². The molecule has 0 saturated carbocycles. The lowest BCUT2D eigenvalue weighted by Crippen LogP contribution is -2.13. The Labute approximate surface area is 125 Å². The molecule has 0 aliphatic heterocycles. The van der Waals surface area contributed by atoms with Gasteiger partial charge in [-0.15, -0.1) is 11.3 Å². The zero-order valence-corrected chi connectivity index (χ0v) is 13.6. The van der Waals surface area contributed by atoms with E-state index in [-0.39, 0.29) is 6.04 Å². The van der Waals surface area contributed by atoms with Crippen LogP contribution in [0.5, 0.6) is 5.75 Å². The molecule has 1 aromatic carbocycles. The monoisotopic (exact) mass is 340 g/mol. The molecular formula is C14H17BrN2OS. The first kappa shape index (κ1) is 14.5. The van der Waals surface area contributed by atoms with Gasteiger partial charge in [-0.3, -0.25) is 0 Å². The summed E-state index contributed by atoms with van der Waals surface area (Å²) < 4.78 is 6.14. The first-order valence-corrected chi connectivity index (χ1v) is 7.64. The highest BCUT2D eigenvalue weighted by Crippen LogP contribution is 2.29. The van der Waals surface area contributed by atoms with E-state index in [1.54, 1.807) is 18.4 Å². The molecule has 0 saturated heterocycles. The first-order chi connectivity index (χ1) is 9.01. The second-order valence-corrected chi connectivity index (χ2v) is 6.60. The highest BCUT2D eigenvalue weighted by molar-refractivity contribution is 9.10. The van der Waals surface area contributed by atoms with Crippen LogP contribution in [0.2, 0.25) is 0 Å². The van der Waals surface area contributed by atoms with Crippen LogP contribution in [0.3, 0.4) is 0 Å². The van der Waals surface area contributed by atoms with Crippen LogP contribution in [0.4, 0.5) is 0 Å². The number of benzene rings is 1. The van der Waals surface area contributed by atoms with Crippen molar-refractivity contribution in [2.75, 3.05) is 7.11 Å². The van der Waals surface area contributed by atoms with E-state index >= 15 is 0 Å². The number of hydrogen-bond donors (Lipinski definition) is 1. The van der Waals surface area contributed by atoms with Crippen molar-refractivity contribution < 1.29 is 4.74 Å². The number of methoxy groups -OCH3 is 1. The van der Waals surface area contributed by atoms with Crippen LogP contribution >= 0.6 is 27.3 Å². The molecule has 0 fully saturated rings. The fourth-order valence-electron chi connectivity index (χ4n) is 1.85. The van der Waals surface area contributed by atoms with Crippen LogP contribution in [0.15, 0.2) is 22.7 Å². The van der Waals surface area contributed by atoms with Gasteiger partial charge in [-0.25, -0.2) is 4.98 Å². The number of halogens is 1. The molecule has 0 bridgehead atoms. The number of ether oxygens (including phenoxy) is 1. The number of aryl methyl sites for hydroxylation is 2. The molecule has 2 aromatic rings. The van der Waals surface area contributed by atoms with Crippen LogP contribution in [0, 0.1) is 13.8 Å². The third-order valence-corrected chi connectivity index (χ3v) is 4.79. The van der Waals surface area contributed by atoms with Gasteiger partial charge in [-0.1, -0.05) is 6.07 Å². The molecule has 5 heteroatoms. The van der Waals surface area contributed by atoms with Crippen molar-refractivity contribution in [2.24, 2.45) is 5.73 Å². The summed E-state index contributed by atoms with van der Waals surface area (Å²) in [5.74, 6) is 0.817. The summed E-state index contributed by atoms with van der Waals surface area (Å²) in [6.07, 6.45) is 0.762. The van der Waals surface area contributed by atoms with Crippen molar-refractivity contribution in [2.45, 2.75) is 26.3 Å². The minimum Gasteiger partial charge on any atom is -0.496 e. The number of nitrogens with two attached hydrogens (primary N) is 1. The van der Waals surface area contributed by atoms with Gasteiger partial charge in [0.25, 0.3) is 0 Å². The first-order valence-electron chi connectivity index (χ1n) is 6.03. The molecule has 1 unspecified atom stereocenters. The summed E-state index contributed by atoms with van der Waals surface area (Å²) in [7, 11) is 1.65. The lowest BCUT2D eigenvalue weighted by Gasteiger charge is -2.12. The molecule has 2 rings (SSSR count). The maximum absolute atomic E-state index is 6.25. The van der Waals surface area contributed by atoms with Crippen molar-refractivity contribution >= 4 is 27.3 Å². The fraction of sp³-hybridized carbons (Fsp3) is 0.357. The molecule has 2 N–H and O–H groups in total. The second kappa shape index (κ2) is 6.03. The van der Waals surface area contributed by atoms with Gasteiger partial charge in [-0.2, -0.15) is 0 Å². The lowest BCUT2D eigenvalue weighted by atomic mass is 10.1. The highest BCUT2D eigenvalue weighted by Gasteiger charge is 2.12. The summed E-state index contributed by atoms with van der Waals surface area (Å²) in [6, 6.07) is 5.89. The maximum atomic E-state index is 6.25. The number of rotatable bonds is 4. The minimum atomic E-state index is -0.0489. The smallest absolute Gasteiger partial charge is 0.133 e. The molecule has 0 spiro atoms. The minimum absolute atomic E-state index is 0.0489. The third-order valence-electron chi connectivity index (χ3n) is 3.07. The Bertz CT molecular complexity index is 563. The van der Waals surface area contributed by atoms with Gasteiger partial charge in [0, 0.05) is 17.3 Å². The number of nitrogens with zero attached hydrogens (tertiary/aromatic N) is 1. The Morgan fingerprint density at radius 1 is 1.42 bits per heavy atom. The molecule has 1 heterocycles. The Morgan fingerprint density at radius 3 is 2.68 bits per heavy atom. The molecule has 0 aliphatic carbocycles. The summed E-state index contributed by atoms with van der Waals surface area (Å²) in [6.45, 7) is 4.12. The van der Waals surface area contributed by atoms with Crippen LogP contribution in [-0.4, -0.2) is 12.1 Å². The van der Waals surface area contributed by atoms with E-state index < -0.39 is 0 Å². The normalized spacial score (nSPS) is 12.5. The largest absolute Gasteiger partial charge is 0.496 e. The van der Waals surface area contributed by atoms with Crippen molar-refractivity contribution in [3.05, 3.63) is 43.8 Å². The lowest BCUT2D eigenvalue weighted by molar-refractivity contribution is 0.412. The standard InChI is InChI=1S/C14H17BrN2OS/c1-8-9(2)19-14(17-8)7-12(16)10-4-5-13(18-3)11(15)6-10/h4-6,12H,7,16H2,1-3H3. The number of hydrogen-bond acceptors (Lipinski definition) is 4. The molecule has 1 atom stereocenters. The van der Waals surface area contributed by atoms with Crippen LogP contribution < -0.4 is 10.5 Å². The van der Waals surface area contributed by atoms with Gasteiger partial charge < -0.3 is 10.5 Å². The topological polar surface area (TPSA) is 48.1 Å². The molecular weight excluding hydrogens is 324 g/mol. The SMILES string of the molecule is COc1ccc(C(N)Cc2nc(C)c(C)s2)cc1Br. The average Bonchev–Trinajstić information content (AvgIpc) is 2.68. The van der Waals surface area contributed by atoms with Crippen LogP contribution in [-0.2, 0) is 6.42 Å². The van der Waals surface area contributed by atoms with E-state index in [2.05, 4.69) is 27.8 Å². The quantitative estimate of drug-likeness (QED) is 0.921. The molecule has 0 radical (unpaired) electrons. The van der Waals surface area contributed by atoms with Gasteiger partial charge in [0.05, 0.1) is 22.3 Å². The molecule has 1 aromatic heterocycles. The van der Waals surface area contributed by atoms with Gasteiger partial charge in [0.15, 0.2) is 0 Å². The Balaban J connectivity index is 2.15. The van der Waals surface area contributed by atoms with Gasteiger partial charge in [0.1, 0.15) is 5.75 Å². The van der Waals surface area contributed by atoms with Crippen molar-refractivity contribution in [1.29, 1.82) is 0 Å². The average molecular weight is 341 g/mol. The summed E-state index contributed by atoms with van der Waals surface area (Å²) >= 11 is 5.20. The molecule has 102 valence electrons. The van der Waals surface area contributed by atoms with Gasteiger partial charge >= 0.3 is 0 Å². The predicted octanol–water partition coefficient (Wildman–Crippen LogP) is 3.77. The molecule has 0 aliphatic rings.